The summed E-state index contributed by atoms with van der Waals surface area (Å²) in [5.74, 6) is -10.3. The van der Waals surface area contributed by atoms with Gasteiger partial charge in [-0.3, -0.25) is 28.8 Å². The molecule has 7 heterocycles. The van der Waals surface area contributed by atoms with E-state index >= 15 is 0 Å². The Morgan fingerprint density at radius 2 is 0.929 bits per heavy atom. The largest absolute Gasteiger partial charge is 0.456 e. The molecule has 7 fully saturated rings. The second-order valence-electron chi connectivity index (χ2n) is 31.3. The van der Waals surface area contributed by atoms with E-state index < -0.39 is 288 Å². The van der Waals surface area contributed by atoms with Gasteiger partial charge in [0.2, 0.25) is 0 Å². The number of hydrogen-bond donors (Lipinski definition) is 12. The fourth-order valence-corrected chi connectivity index (χ4v) is 14.0. The molecule has 12 N–H and O–H groups in total. The van der Waals surface area contributed by atoms with Crippen LogP contribution in [0.2, 0.25) is 0 Å². The van der Waals surface area contributed by atoms with Crippen LogP contribution in [0.5, 0.6) is 0 Å². The molecule has 37 atom stereocenters. The van der Waals surface area contributed by atoms with E-state index in [1.54, 1.807) is 34.6 Å². The van der Waals surface area contributed by atoms with Gasteiger partial charge in [-0.1, -0.05) is 120 Å². The molecule has 7 saturated heterocycles. The normalized spacial score (nSPS) is 40.5. The molecule has 7 rings (SSSR count). The van der Waals surface area contributed by atoms with Gasteiger partial charge in [-0.15, -0.1) is 0 Å². The molecule has 0 amide bonds. The maximum atomic E-state index is 14.7. The first kappa shape index (κ1) is 96.0. The predicted molar refractivity (Wildman–Crippen MR) is 387 cm³/mol. The van der Waals surface area contributed by atoms with Gasteiger partial charge in [0.05, 0.1) is 80.4 Å². The van der Waals surface area contributed by atoms with Crippen LogP contribution in [-0.2, 0) is 114 Å². The van der Waals surface area contributed by atoms with Crippen LogP contribution in [0.15, 0.2) is 0 Å². The molecule has 0 aliphatic carbocycles. The molecular formula is C77H130O36. The molecule has 4 bridgehead atoms. The van der Waals surface area contributed by atoms with Gasteiger partial charge in [0, 0.05) is 6.42 Å². The first-order valence-corrected chi connectivity index (χ1v) is 40.7. The lowest BCUT2D eigenvalue weighted by atomic mass is 9.94. The van der Waals surface area contributed by atoms with Crippen molar-refractivity contribution in [1.29, 1.82) is 0 Å². The minimum absolute atomic E-state index is 0.127. The summed E-state index contributed by atoms with van der Waals surface area (Å²) in [6.07, 6.45) is -51.3. The fraction of sp³-hybridized carbons (Fsp3) is 0.922. The summed E-state index contributed by atoms with van der Waals surface area (Å²) in [6.45, 7) is 16.4. The van der Waals surface area contributed by atoms with Crippen molar-refractivity contribution in [3.63, 3.8) is 0 Å². The number of esters is 6. The average molecular weight is 1630 g/mol. The Hall–Kier alpha value is -4.14. The van der Waals surface area contributed by atoms with Crippen LogP contribution in [0.3, 0.4) is 0 Å². The van der Waals surface area contributed by atoms with Crippen molar-refractivity contribution in [2.24, 2.45) is 29.6 Å². The maximum Gasteiger partial charge on any atom is 0.311 e. The van der Waals surface area contributed by atoms with E-state index in [0.29, 0.717) is 38.5 Å². The number of fused-ring (bicyclic) bond motifs is 6. The van der Waals surface area contributed by atoms with Crippen LogP contribution in [0.1, 0.15) is 199 Å². The molecule has 0 aromatic rings. The van der Waals surface area contributed by atoms with Crippen molar-refractivity contribution < 1.29 is 175 Å². The van der Waals surface area contributed by atoms with Gasteiger partial charge in [0.1, 0.15) is 97.7 Å². The molecule has 0 aromatic heterocycles. The summed E-state index contributed by atoms with van der Waals surface area (Å²) in [6, 6.07) is 0. The second-order valence-corrected chi connectivity index (χ2v) is 31.3. The van der Waals surface area contributed by atoms with E-state index in [2.05, 4.69) is 0 Å². The van der Waals surface area contributed by atoms with Crippen molar-refractivity contribution in [3.8, 4) is 0 Å². The van der Waals surface area contributed by atoms with Gasteiger partial charge in [0.25, 0.3) is 0 Å². The molecule has 0 aromatic carbocycles. The van der Waals surface area contributed by atoms with Crippen molar-refractivity contribution in [1.82, 2.24) is 0 Å². The van der Waals surface area contributed by atoms with E-state index in [9.17, 15) is 90.0 Å². The predicted octanol–water partition coefficient (Wildman–Crippen LogP) is 0.959. The van der Waals surface area contributed by atoms with E-state index in [4.69, 9.17) is 85.3 Å². The lowest BCUT2D eigenvalue weighted by Gasteiger charge is -2.52. The highest BCUT2D eigenvalue weighted by molar-refractivity contribution is 5.74. The zero-order valence-corrected chi connectivity index (χ0v) is 67.4. The number of ether oxygens (including phenoxy) is 18. The average Bonchev–Trinajstić information content (AvgIpc) is 0.755. The van der Waals surface area contributed by atoms with Crippen LogP contribution in [0.4, 0.5) is 0 Å². The highest BCUT2D eigenvalue weighted by Gasteiger charge is 2.61. The molecule has 0 radical (unpaired) electrons. The van der Waals surface area contributed by atoms with E-state index in [1.807, 2.05) is 6.92 Å². The monoisotopic (exact) mass is 1630 g/mol. The fourth-order valence-electron chi connectivity index (χ4n) is 14.0. The highest BCUT2D eigenvalue weighted by atomic mass is 16.8. The number of carbonyl (C=O) groups excluding carboxylic acids is 6. The number of hydrogen-bond acceptors (Lipinski definition) is 36. The lowest BCUT2D eigenvalue weighted by molar-refractivity contribution is -0.414. The number of aliphatic hydroxyl groups excluding tert-OH is 12. The maximum absolute atomic E-state index is 14.7. The standard InChI is InChI=1S/C77H130O36/c1-14-19-25-28-43-29-26-23-21-20-22-24-27-30-48(82)104-62-53(87)50(84)44(31-78)100-74(62)96-34-47-59(107-68(92)36(7)16-3)61(108-69(93)37(8)17-4)56(90)73(103-47)110-60-51(85)45(32-79)101-77(111-63-52(86)49(83)41(12)97-75(63)99-43)65(60)113-76-66(109-70(94)38(9)18-5)64(57(42(13)98-76)105-67(91)35(6)15-2)112-72-55(89)54(88)58(46(33-80)102-72)106-71(95)39(10)40(11)81/h35-47,49-66,72-81,83-90H,14-34H2,1-13H3/t35-,36-,37-,38-,39-,40-,41+,42-,43+,44+,45+,46+,47+,49+,50+,51+,52-,53-,54+,55+,56+,57-,58+,59+,60-,61+,62+,63+,64+,65+,66+,72-,73-,74+,75-,76-,77-/m0/s1. The van der Waals surface area contributed by atoms with Crippen LogP contribution >= 0.6 is 0 Å². The van der Waals surface area contributed by atoms with Crippen LogP contribution in [0, 0.1) is 29.6 Å². The summed E-state index contributed by atoms with van der Waals surface area (Å²) in [5.41, 5.74) is 0. The van der Waals surface area contributed by atoms with Crippen LogP contribution < -0.4 is 0 Å². The van der Waals surface area contributed by atoms with Gasteiger partial charge in [0.15, 0.2) is 74.4 Å². The number of rotatable bonds is 26. The van der Waals surface area contributed by atoms with Gasteiger partial charge in [-0.2, -0.15) is 0 Å². The molecule has 0 spiro atoms. The van der Waals surface area contributed by atoms with Crippen LogP contribution in [-0.4, -0.2) is 320 Å². The third-order valence-electron chi connectivity index (χ3n) is 22.7. The second kappa shape index (κ2) is 45.9. The van der Waals surface area contributed by atoms with Crippen molar-refractivity contribution in [2.75, 3.05) is 26.4 Å². The first-order chi connectivity index (χ1) is 53.7. The molecular weight excluding hydrogens is 1500 g/mol. The van der Waals surface area contributed by atoms with E-state index in [-0.39, 0.29) is 32.1 Å². The topological polar surface area (TPSA) is 511 Å². The van der Waals surface area contributed by atoms with Crippen molar-refractivity contribution in [2.45, 2.75) is 396 Å². The summed E-state index contributed by atoms with van der Waals surface area (Å²) in [4.78, 5) is 84.4. The molecule has 36 nitrogen and oxygen atoms in total. The van der Waals surface area contributed by atoms with Gasteiger partial charge >= 0.3 is 35.8 Å². The van der Waals surface area contributed by atoms with Crippen molar-refractivity contribution >= 4 is 35.8 Å². The van der Waals surface area contributed by atoms with Gasteiger partial charge in [-0.05, 0) is 72.6 Å². The van der Waals surface area contributed by atoms with Crippen molar-refractivity contribution in [3.05, 3.63) is 0 Å². The minimum atomic E-state index is -2.32. The molecule has 7 aliphatic heterocycles. The Labute approximate surface area is 660 Å². The van der Waals surface area contributed by atoms with E-state index in [0.717, 1.165) is 38.5 Å². The Kier molecular flexibility index (Phi) is 39.0. The van der Waals surface area contributed by atoms with Crippen LogP contribution in [0.25, 0.3) is 0 Å². The Bertz CT molecular complexity index is 2880. The summed E-state index contributed by atoms with van der Waals surface area (Å²) in [5, 5.41) is 140. The summed E-state index contributed by atoms with van der Waals surface area (Å²) in [7, 11) is 0. The highest BCUT2D eigenvalue weighted by Crippen LogP contribution is 2.42. The quantitative estimate of drug-likeness (QED) is 0.0326. The molecule has 7 aliphatic rings. The summed E-state index contributed by atoms with van der Waals surface area (Å²) < 4.78 is 115. The third-order valence-corrected chi connectivity index (χ3v) is 22.7. The summed E-state index contributed by atoms with van der Waals surface area (Å²) >= 11 is 0. The van der Waals surface area contributed by atoms with Gasteiger partial charge < -0.3 is 147 Å². The molecule has 36 heteroatoms. The number of unbranched alkanes of at least 4 members (excludes halogenated alkanes) is 2. The molecule has 0 saturated carbocycles. The zero-order valence-electron chi connectivity index (χ0n) is 67.4. The zero-order chi connectivity index (χ0) is 83.4. The lowest BCUT2D eigenvalue weighted by Crippen LogP contribution is -2.69. The Morgan fingerprint density at radius 3 is 1.50 bits per heavy atom. The third kappa shape index (κ3) is 25.0. The van der Waals surface area contributed by atoms with Gasteiger partial charge in [-0.25, -0.2) is 0 Å². The minimum Gasteiger partial charge on any atom is -0.456 e. The van der Waals surface area contributed by atoms with E-state index in [1.165, 1.54) is 48.5 Å². The Morgan fingerprint density at radius 1 is 0.416 bits per heavy atom. The Balaban J connectivity index is 1.46. The first-order valence-electron chi connectivity index (χ1n) is 40.7. The number of carbonyl (C=O) groups is 6. The smallest absolute Gasteiger partial charge is 0.311 e. The number of aliphatic hydroxyl groups is 12. The molecule has 654 valence electrons. The molecule has 0 unspecified atom stereocenters. The SMILES string of the molecule is CCCCC[C@@H]1CCCCCCCCCC(=O)O[C@H]2[C@H](OC[C@H]3O[C@@H](O[C@H]4[C@H](O)[C@@H](CO)O[C@@H](O[C@H]5[C@H](O1)O[C@H](C)[C@@H](O)[C@@H]5O)[C@@H]4O[C@@H]1O[C@@H](C)[C@H](OC(=O)[C@@H](C)CC)[C@@H](O[C@@H]4O[C@H](CO)[C@@H](OC(=O)[C@@H](C)[C@H](C)O)[C@H](O)[C@H]4O)[C@H]1OC(=O)[C@@H](C)CC)[C@H](O)[C@@H](OC(=O)[C@@H](C)CC)[C@@H]3OC(=O)[C@@H](C)CC)O[C@H](CO)[C@@H](O)[C@@H]2O. The molecule has 113 heavy (non-hydrogen) atoms.